The highest BCUT2D eigenvalue weighted by Gasteiger charge is 2.26. The lowest BCUT2D eigenvalue weighted by atomic mass is 10.2. The molecule has 1 aromatic heterocycles. The maximum atomic E-state index is 12.0. The molecule has 1 aromatic carbocycles. The first-order valence-electron chi connectivity index (χ1n) is 6.22. The smallest absolute Gasteiger partial charge is 0.370 e. The van der Waals surface area contributed by atoms with Gasteiger partial charge in [0, 0.05) is 5.39 Å². The van der Waals surface area contributed by atoms with Gasteiger partial charge in [-0.05, 0) is 13.0 Å². The zero-order chi connectivity index (χ0) is 15.5. The molecule has 0 saturated carbocycles. The third-order valence-electron chi connectivity index (χ3n) is 2.71. The molecule has 1 heterocycles. The van der Waals surface area contributed by atoms with Crippen LogP contribution in [-0.2, 0) is 0 Å². The molecule has 0 unspecified atom stereocenters. The first-order valence-corrected chi connectivity index (χ1v) is 6.22. The molecule has 0 aliphatic rings. The zero-order valence-corrected chi connectivity index (χ0v) is 11.3. The van der Waals surface area contributed by atoms with Crippen LogP contribution < -0.4 is 11.1 Å². The third-order valence-corrected chi connectivity index (χ3v) is 2.71. The highest BCUT2D eigenvalue weighted by molar-refractivity contribution is 5.92. The van der Waals surface area contributed by atoms with Crippen molar-refractivity contribution in [3.05, 3.63) is 30.0 Å². The Balaban J connectivity index is 2.11. The number of anilines is 1. The van der Waals surface area contributed by atoms with Crippen LogP contribution in [0.2, 0.25) is 0 Å². The molecule has 21 heavy (non-hydrogen) atoms. The van der Waals surface area contributed by atoms with Crippen molar-refractivity contribution >= 4 is 22.8 Å². The number of para-hydroxylation sites is 1. The number of guanidine groups is 1. The van der Waals surface area contributed by atoms with Crippen molar-refractivity contribution in [1.82, 2.24) is 9.97 Å². The number of rotatable bonds is 3. The first-order chi connectivity index (χ1) is 9.85. The van der Waals surface area contributed by atoms with E-state index >= 15 is 0 Å². The monoisotopic (exact) mass is 297 g/mol. The molecule has 0 radical (unpaired) electrons. The number of halogens is 3. The summed E-state index contributed by atoms with van der Waals surface area (Å²) in [4.78, 5) is 12.0. The molecule has 0 aliphatic heterocycles. The van der Waals surface area contributed by atoms with E-state index in [2.05, 4.69) is 20.3 Å². The molecule has 2 aromatic rings. The molecular formula is C13H14F3N5. The summed E-state index contributed by atoms with van der Waals surface area (Å²) < 4.78 is 36.0. The summed E-state index contributed by atoms with van der Waals surface area (Å²) in [5, 5.41) is 3.50. The first kappa shape index (κ1) is 15.0. The highest BCUT2D eigenvalue weighted by atomic mass is 19.4. The molecule has 112 valence electrons. The van der Waals surface area contributed by atoms with Gasteiger partial charge in [0.15, 0.2) is 5.96 Å². The van der Waals surface area contributed by atoms with Crippen molar-refractivity contribution in [3.63, 3.8) is 0 Å². The summed E-state index contributed by atoms with van der Waals surface area (Å²) in [5.74, 6) is 0.0633. The fraction of sp³-hybridized carbons (Fsp3) is 0.308. The lowest BCUT2D eigenvalue weighted by molar-refractivity contribution is -0.132. The van der Waals surface area contributed by atoms with Crippen LogP contribution in [0, 0.1) is 6.92 Å². The van der Waals surface area contributed by atoms with Crippen molar-refractivity contribution in [1.29, 1.82) is 0 Å². The molecule has 3 N–H and O–H groups in total. The maximum Gasteiger partial charge on any atom is 0.390 e. The van der Waals surface area contributed by atoms with Gasteiger partial charge < -0.3 is 5.73 Å². The summed E-state index contributed by atoms with van der Waals surface area (Å²) in [6.45, 7) is 1.38. The van der Waals surface area contributed by atoms with Crippen LogP contribution in [0.3, 0.4) is 0 Å². The van der Waals surface area contributed by atoms with Crippen LogP contribution in [0.4, 0.5) is 19.1 Å². The van der Waals surface area contributed by atoms with Gasteiger partial charge in [-0.1, -0.05) is 18.2 Å². The molecule has 5 nitrogen and oxygen atoms in total. The van der Waals surface area contributed by atoms with Crippen molar-refractivity contribution in [3.8, 4) is 0 Å². The van der Waals surface area contributed by atoms with Crippen LogP contribution in [0.15, 0.2) is 29.3 Å². The Bertz CT molecular complexity index is 666. The lowest BCUT2D eigenvalue weighted by Gasteiger charge is -2.08. The Labute approximate surface area is 119 Å². The largest absolute Gasteiger partial charge is 0.390 e. The van der Waals surface area contributed by atoms with Gasteiger partial charge in [-0.15, -0.1) is 0 Å². The molecule has 0 aliphatic carbocycles. The number of nitrogens with two attached hydrogens (primary N) is 1. The molecule has 0 amide bonds. The van der Waals surface area contributed by atoms with Gasteiger partial charge in [0.1, 0.15) is 0 Å². The van der Waals surface area contributed by atoms with Crippen LogP contribution >= 0.6 is 0 Å². The number of hydrogen-bond acceptors (Lipinski definition) is 3. The van der Waals surface area contributed by atoms with E-state index in [0.717, 1.165) is 16.6 Å². The maximum absolute atomic E-state index is 12.0. The molecule has 0 saturated heterocycles. The Hall–Kier alpha value is -2.38. The van der Waals surface area contributed by atoms with E-state index in [9.17, 15) is 13.2 Å². The van der Waals surface area contributed by atoms with E-state index in [-0.39, 0.29) is 11.9 Å². The molecule has 2 rings (SSSR count). The minimum Gasteiger partial charge on any atom is -0.370 e. The second kappa shape index (κ2) is 5.94. The number of fused-ring (bicyclic) bond motifs is 1. The average molecular weight is 297 g/mol. The van der Waals surface area contributed by atoms with Crippen LogP contribution in [0.25, 0.3) is 10.9 Å². The van der Waals surface area contributed by atoms with Gasteiger partial charge in [-0.3, -0.25) is 10.3 Å². The number of aryl methyl sites for hydroxylation is 1. The molecule has 8 heteroatoms. The third kappa shape index (κ3) is 4.30. The van der Waals surface area contributed by atoms with Crippen LogP contribution in [0.1, 0.15) is 12.1 Å². The Kier molecular flexibility index (Phi) is 4.25. The van der Waals surface area contributed by atoms with Crippen molar-refractivity contribution in [2.45, 2.75) is 19.5 Å². The highest BCUT2D eigenvalue weighted by Crippen LogP contribution is 2.19. The van der Waals surface area contributed by atoms with Gasteiger partial charge in [0.05, 0.1) is 24.2 Å². The molecule has 0 spiro atoms. The number of aliphatic imine (C=N–C) groups is 1. The fourth-order valence-electron chi connectivity index (χ4n) is 1.75. The van der Waals surface area contributed by atoms with Crippen molar-refractivity contribution < 1.29 is 13.2 Å². The van der Waals surface area contributed by atoms with E-state index in [1.54, 1.807) is 0 Å². The van der Waals surface area contributed by atoms with E-state index in [0.29, 0.717) is 0 Å². The summed E-state index contributed by atoms with van der Waals surface area (Å²) >= 11 is 0. The Morgan fingerprint density at radius 3 is 2.71 bits per heavy atom. The molecule has 0 fully saturated rings. The predicted molar refractivity (Wildman–Crippen MR) is 75.1 cm³/mol. The van der Waals surface area contributed by atoms with Gasteiger partial charge in [-0.25, -0.2) is 9.97 Å². The van der Waals surface area contributed by atoms with E-state index in [1.807, 2.05) is 31.2 Å². The van der Waals surface area contributed by atoms with Crippen molar-refractivity contribution in [2.75, 3.05) is 11.9 Å². The molecule has 0 bridgehead atoms. The van der Waals surface area contributed by atoms with Gasteiger partial charge in [-0.2, -0.15) is 13.2 Å². The Morgan fingerprint density at radius 1 is 1.29 bits per heavy atom. The zero-order valence-electron chi connectivity index (χ0n) is 11.3. The Morgan fingerprint density at radius 2 is 2.00 bits per heavy atom. The minimum absolute atomic E-state index is 0.145. The lowest BCUT2D eigenvalue weighted by Crippen LogP contribution is -2.25. The molecule has 0 atom stereocenters. The van der Waals surface area contributed by atoms with Gasteiger partial charge in [0.25, 0.3) is 0 Å². The van der Waals surface area contributed by atoms with E-state index in [4.69, 9.17) is 5.73 Å². The quantitative estimate of drug-likeness (QED) is 0.674. The number of benzene rings is 1. The van der Waals surface area contributed by atoms with E-state index < -0.39 is 19.1 Å². The predicted octanol–water partition coefficient (Wildman–Crippen LogP) is 2.62. The minimum atomic E-state index is -4.25. The standard InChI is InChI=1S/C13H14F3N5/c1-8-9-4-2-3-5-10(9)20-12(19-8)21-11(17)18-7-6-13(14,15)16/h2-5H,6-7H2,1H3,(H3,17,18,19,20,21). The van der Waals surface area contributed by atoms with Crippen LogP contribution in [0.5, 0.6) is 0 Å². The fourth-order valence-corrected chi connectivity index (χ4v) is 1.75. The average Bonchev–Trinajstić information content (AvgIpc) is 2.37. The number of aromatic nitrogens is 2. The van der Waals surface area contributed by atoms with Gasteiger partial charge in [0.2, 0.25) is 5.95 Å². The summed E-state index contributed by atoms with van der Waals surface area (Å²) in [5.41, 5.74) is 6.98. The second-order valence-corrected chi connectivity index (χ2v) is 4.41. The normalized spacial score (nSPS) is 12.7. The van der Waals surface area contributed by atoms with E-state index in [1.165, 1.54) is 0 Å². The SMILES string of the molecule is Cc1nc(NC(N)=NCCC(F)(F)F)nc2ccccc12. The summed E-state index contributed by atoms with van der Waals surface area (Å²) in [7, 11) is 0. The summed E-state index contributed by atoms with van der Waals surface area (Å²) in [6, 6.07) is 7.40. The molecular weight excluding hydrogens is 283 g/mol. The second-order valence-electron chi connectivity index (χ2n) is 4.41. The van der Waals surface area contributed by atoms with Gasteiger partial charge >= 0.3 is 6.18 Å². The number of hydrogen-bond donors (Lipinski definition) is 2. The number of alkyl halides is 3. The topological polar surface area (TPSA) is 76.2 Å². The number of nitrogens with one attached hydrogen (secondary N) is 1. The number of nitrogens with zero attached hydrogens (tertiary/aromatic N) is 3. The van der Waals surface area contributed by atoms with Crippen LogP contribution in [-0.4, -0.2) is 28.6 Å². The summed E-state index contributed by atoms with van der Waals surface area (Å²) in [6.07, 6.45) is -5.27. The van der Waals surface area contributed by atoms with Crippen molar-refractivity contribution in [2.24, 2.45) is 10.7 Å².